The van der Waals surface area contributed by atoms with Crippen molar-refractivity contribution in [1.29, 1.82) is 10.5 Å². The first-order valence-corrected chi connectivity index (χ1v) is 6.09. The number of allylic oxidation sites excluding steroid dienone is 1. The van der Waals surface area contributed by atoms with Crippen molar-refractivity contribution < 1.29 is 9.47 Å². The van der Waals surface area contributed by atoms with Crippen molar-refractivity contribution in [3.05, 3.63) is 29.3 Å². The van der Waals surface area contributed by atoms with E-state index in [1.807, 2.05) is 12.1 Å². The maximum atomic E-state index is 8.75. The minimum Gasteiger partial charge on any atom is -0.493 e. The van der Waals surface area contributed by atoms with E-state index in [4.69, 9.17) is 20.0 Å². The second-order valence-corrected chi connectivity index (χ2v) is 4.45. The lowest BCUT2D eigenvalue weighted by Gasteiger charge is -2.11. The van der Waals surface area contributed by atoms with E-state index in [-0.39, 0.29) is 5.57 Å². The highest BCUT2D eigenvalue weighted by atomic mass is 16.5. The molecule has 96 valence electrons. The highest BCUT2D eigenvalue weighted by molar-refractivity contribution is 5.64. The molecule has 4 nitrogen and oxygen atoms in total. The smallest absolute Gasteiger partial charge is 0.161 e. The molecule has 1 aliphatic rings. The SMILES string of the molecule is COc1ccc(C=C(C#N)C#N)cc1OCC1CC1. The third-order valence-electron chi connectivity index (χ3n) is 2.91. The van der Waals surface area contributed by atoms with Gasteiger partial charge in [-0.2, -0.15) is 10.5 Å². The molecule has 1 aromatic rings. The van der Waals surface area contributed by atoms with Crippen LogP contribution in [0, 0.1) is 28.6 Å². The van der Waals surface area contributed by atoms with Crippen LogP contribution in [0.5, 0.6) is 11.5 Å². The first-order chi connectivity index (χ1) is 9.26. The summed E-state index contributed by atoms with van der Waals surface area (Å²) in [5, 5.41) is 17.5. The van der Waals surface area contributed by atoms with Crippen LogP contribution in [0.25, 0.3) is 6.08 Å². The largest absolute Gasteiger partial charge is 0.493 e. The van der Waals surface area contributed by atoms with E-state index in [9.17, 15) is 0 Å². The summed E-state index contributed by atoms with van der Waals surface area (Å²) in [6, 6.07) is 9.03. The first kappa shape index (κ1) is 13.0. The molecule has 0 saturated heterocycles. The van der Waals surface area contributed by atoms with Crippen LogP contribution >= 0.6 is 0 Å². The van der Waals surface area contributed by atoms with Gasteiger partial charge in [0.15, 0.2) is 11.5 Å². The molecule has 2 rings (SSSR count). The molecule has 0 spiro atoms. The lowest BCUT2D eigenvalue weighted by Crippen LogP contribution is -2.01. The van der Waals surface area contributed by atoms with Crippen LogP contribution in [0.4, 0.5) is 0 Å². The van der Waals surface area contributed by atoms with Gasteiger partial charge in [0.05, 0.1) is 13.7 Å². The van der Waals surface area contributed by atoms with Crippen molar-refractivity contribution in [3.63, 3.8) is 0 Å². The van der Waals surface area contributed by atoms with Gasteiger partial charge in [-0.05, 0) is 42.5 Å². The third kappa shape index (κ3) is 3.50. The molecule has 0 N–H and O–H groups in total. The van der Waals surface area contributed by atoms with Gasteiger partial charge < -0.3 is 9.47 Å². The number of ether oxygens (including phenoxy) is 2. The molecule has 0 amide bonds. The minimum absolute atomic E-state index is 0.0679. The Balaban J connectivity index is 2.21. The molecule has 0 unspecified atom stereocenters. The Kier molecular flexibility index (Phi) is 4.05. The van der Waals surface area contributed by atoms with Crippen LogP contribution in [0.3, 0.4) is 0 Å². The monoisotopic (exact) mass is 254 g/mol. The summed E-state index contributed by atoms with van der Waals surface area (Å²) in [5.41, 5.74) is 0.822. The van der Waals surface area contributed by atoms with Crippen LogP contribution in [-0.4, -0.2) is 13.7 Å². The van der Waals surface area contributed by atoms with Crippen LogP contribution in [0.1, 0.15) is 18.4 Å². The Morgan fingerprint density at radius 1 is 1.32 bits per heavy atom. The average Bonchev–Trinajstić information content (AvgIpc) is 3.26. The maximum absolute atomic E-state index is 8.75. The van der Waals surface area contributed by atoms with Gasteiger partial charge in [0.1, 0.15) is 17.7 Å². The predicted octanol–water partition coefficient (Wildman–Crippen LogP) is 2.91. The summed E-state index contributed by atoms with van der Waals surface area (Å²) < 4.78 is 11.0. The Morgan fingerprint density at radius 3 is 2.63 bits per heavy atom. The molecule has 1 aromatic carbocycles. The number of nitriles is 2. The second-order valence-electron chi connectivity index (χ2n) is 4.45. The van der Waals surface area contributed by atoms with Gasteiger partial charge in [0, 0.05) is 0 Å². The Labute approximate surface area is 112 Å². The Hall–Kier alpha value is -2.46. The molecule has 4 heteroatoms. The number of nitrogens with zero attached hydrogens (tertiary/aromatic N) is 2. The van der Waals surface area contributed by atoms with Crippen LogP contribution < -0.4 is 9.47 Å². The standard InChI is InChI=1S/C15H14N2O2/c1-18-14-5-4-12(6-13(8-16)9-17)7-15(14)19-10-11-2-3-11/h4-7,11H,2-3,10H2,1H3. The van der Waals surface area contributed by atoms with Gasteiger partial charge >= 0.3 is 0 Å². The molecule has 19 heavy (non-hydrogen) atoms. The number of benzene rings is 1. The fourth-order valence-electron chi connectivity index (χ4n) is 1.64. The quantitative estimate of drug-likeness (QED) is 0.758. The number of hydrogen-bond acceptors (Lipinski definition) is 4. The van der Waals surface area contributed by atoms with Crippen molar-refractivity contribution in [3.8, 4) is 23.6 Å². The highest BCUT2D eigenvalue weighted by Crippen LogP contribution is 2.33. The number of methoxy groups -OCH3 is 1. The Morgan fingerprint density at radius 2 is 2.05 bits per heavy atom. The number of hydrogen-bond donors (Lipinski definition) is 0. The zero-order valence-corrected chi connectivity index (χ0v) is 10.7. The third-order valence-corrected chi connectivity index (χ3v) is 2.91. The van der Waals surface area contributed by atoms with Gasteiger partial charge in [-0.15, -0.1) is 0 Å². The van der Waals surface area contributed by atoms with Gasteiger partial charge in [0.2, 0.25) is 0 Å². The van der Waals surface area contributed by atoms with Crippen LogP contribution in [-0.2, 0) is 0 Å². The van der Waals surface area contributed by atoms with E-state index in [1.165, 1.54) is 18.9 Å². The normalized spacial score (nSPS) is 13.0. The summed E-state index contributed by atoms with van der Waals surface area (Å²) >= 11 is 0. The van der Waals surface area contributed by atoms with Gasteiger partial charge in [-0.25, -0.2) is 0 Å². The second kappa shape index (κ2) is 5.93. The van der Waals surface area contributed by atoms with E-state index in [2.05, 4.69) is 0 Å². The average molecular weight is 254 g/mol. The molecule has 0 radical (unpaired) electrons. The first-order valence-electron chi connectivity index (χ1n) is 6.09. The van der Waals surface area contributed by atoms with Crippen molar-refractivity contribution in [2.24, 2.45) is 5.92 Å². The van der Waals surface area contributed by atoms with Crippen molar-refractivity contribution >= 4 is 6.08 Å². The van der Waals surface area contributed by atoms with E-state index >= 15 is 0 Å². The molecule has 1 saturated carbocycles. The summed E-state index contributed by atoms with van der Waals surface area (Å²) in [7, 11) is 1.59. The summed E-state index contributed by atoms with van der Waals surface area (Å²) in [4.78, 5) is 0. The van der Waals surface area contributed by atoms with Crippen molar-refractivity contribution in [2.45, 2.75) is 12.8 Å². The molecule has 0 heterocycles. The van der Waals surface area contributed by atoms with E-state index < -0.39 is 0 Å². The molecule has 1 aliphatic carbocycles. The van der Waals surface area contributed by atoms with Gasteiger partial charge in [0.25, 0.3) is 0 Å². The highest BCUT2D eigenvalue weighted by Gasteiger charge is 2.22. The van der Waals surface area contributed by atoms with Crippen molar-refractivity contribution in [2.75, 3.05) is 13.7 Å². The molecular formula is C15H14N2O2. The minimum atomic E-state index is 0.0679. The molecule has 1 fully saturated rings. The maximum Gasteiger partial charge on any atom is 0.161 e. The lowest BCUT2D eigenvalue weighted by molar-refractivity contribution is 0.280. The molecule has 0 aliphatic heterocycles. The van der Waals surface area contributed by atoms with E-state index in [1.54, 1.807) is 25.3 Å². The summed E-state index contributed by atoms with van der Waals surface area (Å²) in [6.45, 7) is 0.687. The van der Waals surface area contributed by atoms with Gasteiger partial charge in [-0.1, -0.05) is 6.07 Å². The zero-order valence-electron chi connectivity index (χ0n) is 10.7. The lowest BCUT2D eigenvalue weighted by atomic mass is 10.1. The molecule has 0 bridgehead atoms. The molecule has 0 atom stereocenters. The summed E-state index contributed by atoms with van der Waals surface area (Å²) in [6.07, 6.45) is 3.97. The van der Waals surface area contributed by atoms with Crippen molar-refractivity contribution in [1.82, 2.24) is 0 Å². The summed E-state index contributed by atoms with van der Waals surface area (Å²) in [5.74, 6) is 1.96. The van der Waals surface area contributed by atoms with E-state index in [0.717, 1.165) is 5.56 Å². The topological polar surface area (TPSA) is 66.0 Å². The fourth-order valence-corrected chi connectivity index (χ4v) is 1.64. The zero-order chi connectivity index (χ0) is 13.7. The van der Waals surface area contributed by atoms with Crippen LogP contribution in [0.15, 0.2) is 23.8 Å². The molecular weight excluding hydrogens is 240 g/mol. The number of rotatable bonds is 5. The predicted molar refractivity (Wildman–Crippen MR) is 70.4 cm³/mol. The molecule has 0 aromatic heterocycles. The fraction of sp³-hybridized carbons (Fsp3) is 0.333. The van der Waals surface area contributed by atoms with E-state index in [0.29, 0.717) is 24.0 Å². The van der Waals surface area contributed by atoms with Crippen LogP contribution in [0.2, 0.25) is 0 Å². The van der Waals surface area contributed by atoms with Gasteiger partial charge in [-0.3, -0.25) is 0 Å². The Bertz CT molecular complexity index is 559.